The van der Waals surface area contributed by atoms with E-state index in [1.807, 2.05) is 35.2 Å². The van der Waals surface area contributed by atoms with E-state index in [4.69, 9.17) is 0 Å². The first-order valence-corrected chi connectivity index (χ1v) is 9.91. The molecule has 1 spiro atoms. The zero-order chi connectivity index (χ0) is 21.1. The van der Waals surface area contributed by atoms with E-state index in [1.165, 1.54) is 23.1 Å². The Kier molecular flexibility index (Phi) is 5.50. The minimum atomic E-state index is -0.901. The lowest BCUT2D eigenvalue weighted by molar-refractivity contribution is -0.133. The number of hydrogen-bond donors (Lipinski definition) is 2. The van der Waals surface area contributed by atoms with Crippen LogP contribution in [0.1, 0.15) is 18.4 Å². The van der Waals surface area contributed by atoms with Gasteiger partial charge in [-0.2, -0.15) is 0 Å². The van der Waals surface area contributed by atoms with Crippen LogP contribution in [0.4, 0.5) is 14.9 Å². The maximum atomic E-state index is 13.3. The standard InChI is InChI=1S/C22H23FN4O3/c23-17-7-4-8-18(13-17)24-19(28)15-26-11-9-22(10-12-26)20(29)27(21(30)25-22)14-16-5-2-1-3-6-16/h1-8,13H,9-12,14-15H2,(H,24,28)(H,25,30). The van der Waals surface area contributed by atoms with Crippen LogP contribution in [0.2, 0.25) is 0 Å². The van der Waals surface area contributed by atoms with Crippen LogP contribution < -0.4 is 10.6 Å². The molecule has 0 atom stereocenters. The summed E-state index contributed by atoms with van der Waals surface area (Å²) in [6.07, 6.45) is 0.881. The molecule has 0 aromatic heterocycles. The molecule has 2 N–H and O–H groups in total. The van der Waals surface area contributed by atoms with Gasteiger partial charge in [0.2, 0.25) is 5.91 Å². The van der Waals surface area contributed by atoms with Gasteiger partial charge in [0.05, 0.1) is 13.1 Å². The van der Waals surface area contributed by atoms with Gasteiger partial charge in [0.15, 0.2) is 0 Å². The van der Waals surface area contributed by atoms with Gasteiger partial charge in [-0.05, 0) is 36.6 Å². The Morgan fingerprint density at radius 2 is 1.80 bits per heavy atom. The van der Waals surface area contributed by atoms with Crippen LogP contribution in [0.15, 0.2) is 54.6 Å². The average molecular weight is 410 g/mol. The van der Waals surface area contributed by atoms with Crippen LogP contribution >= 0.6 is 0 Å². The summed E-state index contributed by atoms with van der Waals surface area (Å²) in [6.45, 7) is 1.39. The molecule has 2 heterocycles. The molecule has 4 amide bonds. The SMILES string of the molecule is O=C(CN1CCC2(CC1)NC(=O)N(Cc1ccccc1)C2=O)Nc1cccc(F)c1. The fourth-order valence-electron chi connectivity index (χ4n) is 3.99. The van der Waals surface area contributed by atoms with E-state index in [-0.39, 0.29) is 30.9 Å². The highest BCUT2D eigenvalue weighted by Gasteiger charge is 2.52. The molecule has 2 fully saturated rings. The van der Waals surface area contributed by atoms with Crippen molar-refractivity contribution >= 4 is 23.5 Å². The van der Waals surface area contributed by atoms with Crippen LogP contribution in [-0.4, -0.2) is 52.8 Å². The average Bonchev–Trinajstić information content (AvgIpc) is 2.95. The van der Waals surface area contributed by atoms with Crippen molar-refractivity contribution in [2.75, 3.05) is 25.0 Å². The summed E-state index contributed by atoms with van der Waals surface area (Å²) in [5.74, 6) is -0.868. The van der Waals surface area contributed by atoms with Crippen molar-refractivity contribution in [2.45, 2.75) is 24.9 Å². The number of anilines is 1. The zero-order valence-electron chi connectivity index (χ0n) is 16.4. The highest BCUT2D eigenvalue weighted by Crippen LogP contribution is 2.30. The largest absolute Gasteiger partial charge is 0.325 e. The van der Waals surface area contributed by atoms with E-state index in [0.717, 1.165) is 5.56 Å². The third-order valence-corrected chi connectivity index (χ3v) is 5.61. The first-order valence-electron chi connectivity index (χ1n) is 9.91. The van der Waals surface area contributed by atoms with Crippen molar-refractivity contribution < 1.29 is 18.8 Å². The minimum absolute atomic E-state index is 0.141. The third kappa shape index (κ3) is 4.18. The van der Waals surface area contributed by atoms with Crippen molar-refractivity contribution in [1.82, 2.24) is 15.1 Å². The number of piperidine rings is 1. The number of hydrogen-bond acceptors (Lipinski definition) is 4. The summed E-state index contributed by atoms with van der Waals surface area (Å²) in [5.41, 5.74) is 0.397. The highest BCUT2D eigenvalue weighted by atomic mass is 19.1. The van der Waals surface area contributed by atoms with Gasteiger partial charge in [0.25, 0.3) is 5.91 Å². The van der Waals surface area contributed by atoms with E-state index < -0.39 is 11.4 Å². The lowest BCUT2D eigenvalue weighted by atomic mass is 9.87. The molecule has 2 aliphatic heterocycles. The molecule has 2 aromatic rings. The Hall–Kier alpha value is -3.26. The predicted octanol–water partition coefficient (Wildman–Crippen LogP) is 2.35. The number of halogens is 1. The maximum absolute atomic E-state index is 13.3. The number of urea groups is 1. The number of nitrogens with one attached hydrogen (secondary N) is 2. The Balaban J connectivity index is 1.32. The van der Waals surface area contributed by atoms with Crippen molar-refractivity contribution in [3.63, 3.8) is 0 Å². The Morgan fingerprint density at radius 3 is 2.50 bits per heavy atom. The lowest BCUT2D eigenvalue weighted by Gasteiger charge is -2.36. The number of imide groups is 1. The molecule has 0 unspecified atom stereocenters. The molecule has 0 aliphatic carbocycles. The molecular formula is C22H23FN4O3. The number of carbonyl (C=O) groups is 3. The smallest absolute Gasteiger partial charge is 0.325 e. The quantitative estimate of drug-likeness (QED) is 0.742. The van der Waals surface area contributed by atoms with Crippen LogP contribution in [0.3, 0.4) is 0 Å². The number of carbonyl (C=O) groups excluding carboxylic acids is 3. The molecule has 2 saturated heterocycles. The van der Waals surface area contributed by atoms with Crippen molar-refractivity contribution in [3.05, 3.63) is 66.0 Å². The summed E-state index contributed by atoms with van der Waals surface area (Å²) in [5, 5.41) is 5.55. The maximum Gasteiger partial charge on any atom is 0.325 e. The van der Waals surface area contributed by atoms with Crippen molar-refractivity contribution in [2.24, 2.45) is 0 Å². The monoisotopic (exact) mass is 410 g/mol. The molecule has 0 radical (unpaired) electrons. The topological polar surface area (TPSA) is 81.8 Å². The summed E-state index contributed by atoms with van der Waals surface area (Å²) < 4.78 is 13.3. The van der Waals surface area contributed by atoms with Crippen LogP contribution in [0, 0.1) is 5.82 Å². The minimum Gasteiger partial charge on any atom is -0.325 e. The molecule has 0 saturated carbocycles. The second-order valence-electron chi connectivity index (χ2n) is 7.72. The van der Waals surface area contributed by atoms with Gasteiger partial charge in [-0.25, -0.2) is 9.18 Å². The van der Waals surface area contributed by atoms with E-state index in [2.05, 4.69) is 10.6 Å². The summed E-state index contributed by atoms with van der Waals surface area (Å²) in [6, 6.07) is 14.7. The van der Waals surface area contributed by atoms with E-state index in [1.54, 1.807) is 6.07 Å². The Morgan fingerprint density at radius 1 is 1.07 bits per heavy atom. The number of rotatable bonds is 5. The predicted molar refractivity (Wildman–Crippen MR) is 109 cm³/mol. The van der Waals surface area contributed by atoms with Gasteiger partial charge >= 0.3 is 6.03 Å². The van der Waals surface area contributed by atoms with Crippen LogP contribution in [0.5, 0.6) is 0 Å². The molecule has 0 bridgehead atoms. The van der Waals surface area contributed by atoms with Crippen LogP contribution in [-0.2, 0) is 16.1 Å². The highest BCUT2D eigenvalue weighted by molar-refractivity contribution is 6.07. The molecule has 2 aromatic carbocycles. The Bertz CT molecular complexity index is 958. The van der Waals surface area contributed by atoms with Gasteiger partial charge in [-0.3, -0.25) is 19.4 Å². The fourth-order valence-corrected chi connectivity index (χ4v) is 3.99. The number of nitrogens with zero attached hydrogens (tertiary/aromatic N) is 2. The van der Waals surface area contributed by atoms with E-state index >= 15 is 0 Å². The fraction of sp³-hybridized carbons (Fsp3) is 0.318. The van der Waals surface area contributed by atoms with Gasteiger partial charge in [-0.15, -0.1) is 0 Å². The summed E-state index contributed by atoms with van der Waals surface area (Å²) in [4.78, 5) is 40.9. The van der Waals surface area contributed by atoms with Crippen LogP contribution in [0.25, 0.3) is 0 Å². The zero-order valence-corrected chi connectivity index (χ0v) is 16.4. The first kappa shape index (κ1) is 20.0. The van der Waals surface area contributed by atoms with E-state index in [0.29, 0.717) is 31.6 Å². The number of likely N-dealkylation sites (tertiary alicyclic amines) is 1. The summed E-state index contributed by atoms with van der Waals surface area (Å²) >= 11 is 0. The molecule has 8 heteroatoms. The molecule has 30 heavy (non-hydrogen) atoms. The van der Waals surface area contributed by atoms with Gasteiger partial charge in [0, 0.05) is 18.8 Å². The molecule has 4 rings (SSSR count). The van der Waals surface area contributed by atoms with Crippen molar-refractivity contribution in [1.29, 1.82) is 0 Å². The molecule has 156 valence electrons. The van der Waals surface area contributed by atoms with Gasteiger partial charge < -0.3 is 10.6 Å². The summed E-state index contributed by atoms with van der Waals surface area (Å²) in [7, 11) is 0. The van der Waals surface area contributed by atoms with E-state index in [9.17, 15) is 18.8 Å². The molecule has 2 aliphatic rings. The number of amides is 4. The molecule has 7 nitrogen and oxygen atoms in total. The third-order valence-electron chi connectivity index (χ3n) is 5.61. The first-order chi connectivity index (χ1) is 14.4. The second kappa shape index (κ2) is 8.23. The van der Waals surface area contributed by atoms with Gasteiger partial charge in [0.1, 0.15) is 11.4 Å². The normalized spacial score (nSPS) is 18.5. The Labute approximate surface area is 173 Å². The molecular weight excluding hydrogens is 387 g/mol. The number of benzene rings is 2. The van der Waals surface area contributed by atoms with Crippen molar-refractivity contribution in [3.8, 4) is 0 Å². The lowest BCUT2D eigenvalue weighted by Crippen LogP contribution is -2.55. The second-order valence-corrected chi connectivity index (χ2v) is 7.72. The van der Waals surface area contributed by atoms with Gasteiger partial charge in [-0.1, -0.05) is 36.4 Å².